The summed E-state index contributed by atoms with van der Waals surface area (Å²) >= 11 is 13.0. The molecule has 3 aromatic carbocycles. The van der Waals surface area contributed by atoms with E-state index in [0.717, 1.165) is 15.8 Å². The Bertz CT molecular complexity index is 1300. The number of fused-ring (bicyclic) bond motifs is 1. The summed E-state index contributed by atoms with van der Waals surface area (Å²) in [6, 6.07) is 16.5. The monoisotopic (exact) mass is 467 g/mol. The Hall–Kier alpha value is -3.00. The van der Waals surface area contributed by atoms with Crippen LogP contribution in [0.4, 0.5) is 5.69 Å². The molecule has 4 aromatic rings. The Morgan fingerprint density at radius 2 is 1.90 bits per heavy atom. The van der Waals surface area contributed by atoms with Gasteiger partial charge in [0.2, 0.25) is 0 Å². The predicted molar refractivity (Wildman–Crippen MR) is 131 cm³/mol. The molecule has 0 spiro atoms. The number of amides is 1. The standard InChI is InChI=1S/C23H18ClN3O2S2/c1-12-7-8-15(17(24)9-12)21(29)27-23(30)25-14-10-13(2)20(28)16(11-14)22-26-18-5-3-4-6-19(18)31-22/h3-11,28H,1-2H3,(H2,25,27,29,30). The minimum Gasteiger partial charge on any atom is -0.507 e. The summed E-state index contributed by atoms with van der Waals surface area (Å²) in [6.45, 7) is 3.70. The predicted octanol–water partition coefficient (Wildman–Crippen LogP) is 6.07. The van der Waals surface area contributed by atoms with Gasteiger partial charge in [0.15, 0.2) is 5.11 Å². The first-order valence-electron chi connectivity index (χ1n) is 9.40. The van der Waals surface area contributed by atoms with E-state index in [9.17, 15) is 9.90 Å². The number of anilines is 1. The topological polar surface area (TPSA) is 74.2 Å². The van der Waals surface area contributed by atoms with Crippen molar-refractivity contribution in [1.29, 1.82) is 0 Å². The second-order valence-corrected chi connectivity index (χ2v) is 8.91. The Morgan fingerprint density at radius 1 is 1.13 bits per heavy atom. The van der Waals surface area contributed by atoms with Crippen molar-refractivity contribution in [3.63, 3.8) is 0 Å². The van der Waals surface area contributed by atoms with E-state index in [1.54, 1.807) is 31.2 Å². The maximum atomic E-state index is 12.5. The van der Waals surface area contributed by atoms with Crippen LogP contribution in [0.25, 0.3) is 20.8 Å². The molecule has 3 N–H and O–H groups in total. The zero-order valence-electron chi connectivity index (χ0n) is 16.7. The Labute approximate surface area is 193 Å². The number of nitrogens with zero attached hydrogens (tertiary/aromatic N) is 1. The molecule has 0 unspecified atom stereocenters. The summed E-state index contributed by atoms with van der Waals surface area (Å²) in [5.74, 6) is -0.240. The Morgan fingerprint density at radius 3 is 2.65 bits per heavy atom. The van der Waals surface area contributed by atoms with Crippen LogP contribution in [0.3, 0.4) is 0 Å². The molecule has 0 aliphatic rings. The molecule has 0 aliphatic heterocycles. The van der Waals surface area contributed by atoms with Gasteiger partial charge in [-0.3, -0.25) is 10.1 Å². The number of carbonyl (C=O) groups is 1. The van der Waals surface area contributed by atoms with Gasteiger partial charge >= 0.3 is 0 Å². The first-order valence-corrected chi connectivity index (χ1v) is 11.0. The second kappa shape index (κ2) is 8.63. The number of aromatic hydroxyl groups is 1. The summed E-state index contributed by atoms with van der Waals surface area (Å²) in [5, 5.41) is 17.4. The quantitative estimate of drug-likeness (QED) is 0.252. The second-order valence-electron chi connectivity index (χ2n) is 7.07. The Balaban J connectivity index is 1.57. The molecule has 156 valence electrons. The number of aromatic nitrogens is 1. The highest BCUT2D eigenvalue weighted by Crippen LogP contribution is 2.38. The molecule has 1 aromatic heterocycles. The number of para-hydroxylation sites is 1. The molecule has 0 fully saturated rings. The fraction of sp³-hybridized carbons (Fsp3) is 0.0870. The van der Waals surface area contributed by atoms with E-state index >= 15 is 0 Å². The van der Waals surface area contributed by atoms with Gasteiger partial charge in [0.05, 0.1) is 26.4 Å². The third-order valence-corrected chi connectivity index (χ3v) is 6.27. The van der Waals surface area contributed by atoms with Crippen LogP contribution in [0.15, 0.2) is 54.6 Å². The molecule has 0 saturated carbocycles. The van der Waals surface area contributed by atoms with Gasteiger partial charge in [-0.1, -0.05) is 29.8 Å². The number of rotatable bonds is 3. The van der Waals surface area contributed by atoms with Crippen LogP contribution in [0.2, 0.25) is 5.02 Å². The number of halogens is 1. The first kappa shape index (κ1) is 21.2. The maximum Gasteiger partial charge on any atom is 0.258 e. The average Bonchev–Trinajstić information content (AvgIpc) is 3.14. The summed E-state index contributed by atoms with van der Waals surface area (Å²) in [6.07, 6.45) is 0. The van der Waals surface area contributed by atoms with Crippen molar-refractivity contribution in [2.45, 2.75) is 13.8 Å². The van der Waals surface area contributed by atoms with E-state index in [1.165, 1.54) is 11.3 Å². The molecule has 0 atom stereocenters. The summed E-state index contributed by atoms with van der Waals surface area (Å²) in [7, 11) is 0. The molecular weight excluding hydrogens is 450 g/mol. The van der Waals surface area contributed by atoms with Gasteiger partial charge in [0.1, 0.15) is 10.8 Å². The van der Waals surface area contributed by atoms with E-state index in [-0.39, 0.29) is 10.9 Å². The van der Waals surface area contributed by atoms with E-state index < -0.39 is 5.91 Å². The van der Waals surface area contributed by atoms with Crippen molar-refractivity contribution in [2.24, 2.45) is 0 Å². The molecule has 0 radical (unpaired) electrons. The summed E-state index contributed by atoms with van der Waals surface area (Å²) in [5.41, 5.74) is 4.06. The van der Waals surface area contributed by atoms with Gasteiger partial charge < -0.3 is 10.4 Å². The number of hydrogen-bond donors (Lipinski definition) is 3. The molecule has 0 aliphatic carbocycles. The summed E-state index contributed by atoms with van der Waals surface area (Å²) in [4.78, 5) is 17.1. The molecular formula is C23H18ClN3O2S2. The molecule has 8 heteroatoms. The van der Waals surface area contributed by atoms with Crippen molar-refractivity contribution < 1.29 is 9.90 Å². The number of carbonyl (C=O) groups excluding carboxylic acids is 1. The average molecular weight is 468 g/mol. The molecule has 5 nitrogen and oxygen atoms in total. The first-order chi connectivity index (χ1) is 14.8. The van der Waals surface area contributed by atoms with Gasteiger partial charge in [0, 0.05) is 5.69 Å². The number of benzene rings is 3. The lowest BCUT2D eigenvalue weighted by molar-refractivity contribution is 0.0978. The van der Waals surface area contributed by atoms with Gasteiger partial charge in [-0.2, -0.15) is 0 Å². The number of hydrogen-bond acceptors (Lipinski definition) is 5. The molecule has 1 amide bonds. The third kappa shape index (κ3) is 4.54. The molecule has 0 bridgehead atoms. The lowest BCUT2D eigenvalue weighted by Crippen LogP contribution is -2.34. The van der Waals surface area contributed by atoms with Crippen LogP contribution in [0.5, 0.6) is 5.75 Å². The highest BCUT2D eigenvalue weighted by atomic mass is 35.5. The van der Waals surface area contributed by atoms with E-state index in [0.29, 0.717) is 32.4 Å². The van der Waals surface area contributed by atoms with Gasteiger partial charge in [-0.05, 0) is 73.6 Å². The fourth-order valence-corrected chi connectivity index (χ4v) is 4.65. The summed E-state index contributed by atoms with van der Waals surface area (Å²) < 4.78 is 1.03. The molecule has 0 saturated heterocycles. The van der Waals surface area contributed by atoms with Crippen molar-refractivity contribution >= 4 is 62.1 Å². The van der Waals surface area contributed by atoms with E-state index in [1.807, 2.05) is 37.3 Å². The number of phenols is 1. The number of aryl methyl sites for hydroxylation is 2. The minimum absolute atomic E-state index is 0.127. The maximum absolute atomic E-state index is 12.5. The van der Waals surface area contributed by atoms with Crippen LogP contribution >= 0.6 is 35.2 Å². The van der Waals surface area contributed by atoms with Crippen molar-refractivity contribution in [3.8, 4) is 16.3 Å². The van der Waals surface area contributed by atoms with Crippen molar-refractivity contribution in [2.75, 3.05) is 5.32 Å². The van der Waals surface area contributed by atoms with Crippen molar-refractivity contribution in [3.05, 3.63) is 76.3 Å². The van der Waals surface area contributed by atoms with Gasteiger partial charge in [-0.25, -0.2) is 4.98 Å². The highest BCUT2D eigenvalue weighted by molar-refractivity contribution is 7.80. The molecule has 1 heterocycles. The zero-order chi connectivity index (χ0) is 22.1. The van der Waals surface area contributed by atoms with Gasteiger partial charge in [0.25, 0.3) is 5.91 Å². The number of thiazole rings is 1. The van der Waals surface area contributed by atoms with Crippen LogP contribution in [-0.2, 0) is 0 Å². The van der Waals surface area contributed by atoms with E-state index in [2.05, 4.69) is 15.6 Å². The smallest absolute Gasteiger partial charge is 0.258 e. The Kier molecular flexibility index (Phi) is 5.91. The van der Waals surface area contributed by atoms with E-state index in [4.69, 9.17) is 23.8 Å². The zero-order valence-corrected chi connectivity index (χ0v) is 19.1. The van der Waals surface area contributed by atoms with Crippen LogP contribution in [0.1, 0.15) is 21.5 Å². The van der Waals surface area contributed by atoms with Crippen molar-refractivity contribution in [1.82, 2.24) is 10.3 Å². The number of nitrogens with one attached hydrogen (secondary N) is 2. The molecule has 4 rings (SSSR count). The normalized spacial score (nSPS) is 10.8. The van der Waals surface area contributed by atoms with Crippen LogP contribution in [0, 0.1) is 13.8 Å². The van der Waals surface area contributed by atoms with Gasteiger partial charge in [-0.15, -0.1) is 11.3 Å². The molecule has 31 heavy (non-hydrogen) atoms. The SMILES string of the molecule is Cc1ccc(C(=O)NC(=S)Nc2cc(C)c(O)c(-c3nc4ccccc4s3)c2)c(Cl)c1. The highest BCUT2D eigenvalue weighted by Gasteiger charge is 2.16. The number of thiocarbonyl (C=S) groups is 1. The lowest BCUT2D eigenvalue weighted by Gasteiger charge is -2.13. The number of phenolic OH excluding ortho intramolecular Hbond substituents is 1. The lowest BCUT2D eigenvalue weighted by atomic mass is 10.1. The minimum atomic E-state index is -0.399. The fourth-order valence-electron chi connectivity index (χ4n) is 3.14. The largest absolute Gasteiger partial charge is 0.507 e. The van der Waals surface area contributed by atoms with Crippen LogP contribution < -0.4 is 10.6 Å². The third-order valence-electron chi connectivity index (χ3n) is 4.68. The van der Waals surface area contributed by atoms with Crippen LogP contribution in [-0.4, -0.2) is 21.1 Å².